The summed E-state index contributed by atoms with van der Waals surface area (Å²) in [6.45, 7) is 6.05. The standard InChI is InChI=1S/C17H22N2O/c1-4-12(2)18-17(20)19-13(3)15-10-9-14-7-5-6-8-16(14)11-15/h5-13H,4H2,1-3H3,(H2,18,19,20)/t12-,13+/m1/s1. The van der Waals surface area contributed by atoms with Crippen molar-refractivity contribution >= 4 is 16.8 Å². The molecule has 0 unspecified atom stereocenters. The molecule has 0 aliphatic carbocycles. The van der Waals surface area contributed by atoms with E-state index in [-0.39, 0.29) is 18.1 Å². The molecule has 0 spiro atoms. The molecule has 0 saturated heterocycles. The van der Waals surface area contributed by atoms with Gasteiger partial charge in [0.1, 0.15) is 0 Å². The normalized spacial score (nSPS) is 13.8. The number of carbonyl (C=O) groups is 1. The summed E-state index contributed by atoms with van der Waals surface area (Å²) in [7, 11) is 0. The molecule has 3 nitrogen and oxygen atoms in total. The first-order chi connectivity index (χ1) is 9.60. The van der Waals surface area contributed by atoms with Crippen LogP contribution in [0.4, 0.5) is 4.79 Å². The Balaban J connectivity index is 2.07. The Morgan fingerprint density at radius 2 is 1.75 bits per heavy atom. The maximum Gasteiger partial charge on any atom is 0.315 e. The average Bonchev–Trinajstić information content (AvgIpc) is 2.46. The Hall–Kier alpha value is -2.03. The third kappa shape index (κ3) is 3.50. The fraction of sp³-hybridized carbons (Fsp3) is 0.353. The van der Waals surface area contributed by atoms with Crippen molar-refractivity contribution in [2.75, 3.05) is 0 Å². The van der Waals surface area contributed by atoms with Gasteiger partial charge in [-0.1, -0.05) is 43.3 Å². The molecule has 2 rings (SSSR count). The van der Waals surface area contributed by atoms with E-state index in [1.165, 1.54) is 10.8 Å². The van der Waals surface area contributed by atoms with Gasteiger partial charge in [-0.05, 0) is 42.7 Å². The topological polar surface area (TPSA) is 41.1 Å². The quantitative estimate of drug-likeness (QED) is 0.866. The van der Waals surface area contributed by atoms with E-state index in [4.69, 9.17) is 0 Å². The first kappa shape index (κ1) is 14.4. The zero-order chi connectivity index (χ0) is 14.5. The Kier molecular flexibility index (Phi) is 4.61. The highest BCUT2D eigenvalue weighted by molar-refractivity contribution is 5.83. The minimum atomic E-state index is -0.111. The molecule has 2 aromatic carbocycles. The molecule has 0 radical (unpaired) electrons. The highest BCUT2D eigenvalue weighted by atomic mass is 16.2. The molecule has 20 heavy (non-hydrogen) atoms. The fourth-order valence-corrected chi connectivity index (χ4v) is 2.12. The van der Waals surface area contributed by atoms with Crippen molar-refractivity contribution in [1.82, 2.24) is 10.6 Å². The average molecular weight is 270 g/mol. The summed E-state index contributed by atoms with van der Waals surface area (Å²) in [5, 5.41) is 8.30. The second kappa shape index (κ2) is 6.42. The number of nitrogens with one attached hydrogen (secondary N) is 2. The summed E-state index contributed by atoms with van der Waals surface area (Å²) in [5.74, 6) is 0. The predicted molar refractivity (Wildman–Crippen MR) is 83.8 cm³/mol. The van der Waals surface area contributed by atoms with Crippen LogP contribution in [0.1, 0.15) is 38.8 Å². The molecule has 2 atom stereocenters. The third-order valence-corrected chi connectivity index (χ3v) is 3.61. The van der Waals surface area contributed by atoms with E-state index in [0.717, 1.165) is 12.0 Å². The molecule has 106 valence electrons. The number of fused-ring (bicyclic) bond motifs is 1. The van der Waals surface area contributed by atoms with Crippen LogP contribution in [0.15, 0.2) is 42.5 Å². The van der Waals surface area contributed by atoms with Crippen molar-refractivity contribution in [3.8, 4) is 0 Å². The molecule has 3 heteroatoms. The van der Waals surface area contributed by atoms with Crippen LogP contribution >= 0.6 is 0 Å². The van der Waals surface area contributed by atoms with E-state index in [0.29, 0.717) is 0 Å². The van der Waals surface area contributed by atoms with Crippen LogP contribution in [0.5, 0.6) is 0 Å². The second-order valence-corrected chi connectivity index (χ2v) is 5.26. The summed E-state index contributed by atoms with van der Waals surface area (Å²) in [6, 6.07) is 14.6. The number of hydrogen-bond acceptors (Lipinski definition) is 1. The van der Waals surface area contributed by atoms with E-state index < -0.39 is 0 Å². The first-order valence-electron chi connectivity index (χ1n) is 7.16. The number of urea groups is 1. The van der Waals surface area contributed by atoms with Crippen LogP contribution < -0.4 is 10.6 Å². The highest BCUT2D eigenvalue weighted by Crippen LogP contribution is 2.20. The molecule has 0 aliphatic rings. The van der Waals surface area contributed by atoms with Crippen molar-refractivity contribution in [3.05, 3.63) is 48.0 Å². The molecule has 0 saturated carbocycles. The van der Waals surface area contributed by atoms with Gasteiger partial charge in [0, 0.05) is 6.04 Å². The number of hydrogen-bond donors (Lipinski definition) is 2. The molecule has 0 bridgehead atoms. The number of benzene rings is 2. The van der Waals surface area contributed by atoms with Crippen molar-refractivity contribution in [2.45, 2.75) is 39.3 Å². The van der Waals surface area contributed by atoms with Crippen molar-refractivity contribution < 1.29 is 4.79 Å². The van der Waals surface area contributed by atoms with Crippen LogP contribution in [-0.4, -0.2) is 12.1 Å². The van der Waals surface area contributed by atoms with E-state index in [1.807, 2.05) is 26.0 Å². The lowest BCUT2D eigenvalue weighted by atomic mass is 10.0. The highest BCUT2D eigenvalue weighted by Gasteiger charge is 2.11. The summed E-state index contributed by atoms with van der Waals surface area (Å²) < 4.78 is 0. The SMILES string of the molecule is CC[C@@H](C)NC(=O)N[C@@H](C)c1ccc2ccccc2c1. The monoisotopic (exact) mass is 270 g/mol. The van der Waals surface area contributed by atoms with Crippen LogP contribution in [0.3, 0.4) is 0 Å². The molecule has 2 amide bonds. The van der Waals surface area contributed by atoms with Crippen LogP contribution in [0.2, 0.25) is 0 Å². The molecule has 0 heterocycles. The van der Waals surface area contributed by atoms with Gasteiger partial charge >= 0.3 is 6.03 Å². The Bertz CT molecular complexity index is 594. The molecular formula is C17H22N2O. The van der Waals surface area contributed by atoms with E-state index in [1.54, 1.807) is 0 Å². The van der Waals surface area contributed by atoms with Gasteiger partial charge in [0.05, 0.1) is 6.04 Å². The first-order valence-corrected chi connectivity index (χ1v) is 7.16. The summed E-state index contributed by atoms with van der Waals surface area (Å²) in [4.78, 5) is 11.8. The predicted octanol–water partition coefficient (Wildman–Crippen LogP) is 4.00. The van der Waals surface area contributed by atoms with E-state index in [9.17, 15) is 4.79 Å². The van der Waals surface area contributed by atoms with Gasteiger partial charge in [-0.3, -0.25) is 0 Å². The van der Waals surface area contributed by atoms with E-state index in [2.05, 4.69) is 47.9 Å². The number of rotatable bonds is 4. The zero-order valence-electron chi connectivity index (χ0n) is 12.3. The largest absolute Gasteiger partial charge is 0.336 e. The molecule has 0 aromatic heterocycles. The lowest BCUT2D eigenvalue weighted by Gasteiger charge is -2.18. The maximum atomic E-state index is 11.8. The van der Waals surface area contributed by atoms with Crippen LogP contribution in [0.25, 0.3) is 10.8 Å². The Morgan fingerprint density at radius 3 is 2.45 bits per heavy atom. The van der Waals surface area contributed by atoms with Crippen LogP contribution in [-0.2, 0) is 0 Å². The molecule has 2 aromatic rings. The van der Waals surface area contributed by atoms with Gasteiger partial charge < -0.3 is 10.6 Å². The second-order valence-electron chi connectivity index (χ2n) is 5.26. The Labute approximate surface area is 120 Å². The van der Waals surface area contributed by atoms with Crippen molar-refractivity contribution in [2.24, 2.45) is 0 Å². The van der Waals surface area contributed by atoms with Gasteiger partial charge in [0.25, 0.3) is 0 Å². The number of carbonyl (C=O) groups excluding carboxylic acids is 1. The van der Waals surface area contributed by atoms with Crippen molar-refractivity contribution in [3.63, 3.8) is 0 Å². The Morgan fingerprint density at radius 1 is 1.05 bits per heavy atom. The van der Waals surface area contributed by atoms with Crippen LogP contribution in [0, 0.1) is 0 Å². The van der Waals surface area contributed by atoms with Gasteiger partial charge in [0.15, 0.2) is 0 Å². The zero-order valence-corrected chi connectivity index (χ0v) is 12.3. The molecule has 0 aliphatic heterocycles. The lowest BCUT2D eigenvalue weighted by molar-refractivity contribution is 0.234. The van der Waals surface area contributed by atoms with Crippen molar-refractivity contribution in [1.29, 1.82) is 0 Å². The lowest BCUT2D eigenvalue weighted by Crippen LogP contribution is -2.41. The third-order valence-electron chi connectivity index (χ3n) is 3.61. The number of amides is 2. The van der Waals surface area contributed by atoms with Gasteiger partial charge in [-0.15, -0.1) is 0 Å². The summed E-state index contributed by atoms with van der Waals surface area (Å²) in [6.07, 6.45) is 0.928. The van der Waals surface area contributed by atoms with Gasteiger partial charge in [-0.2, -0.15) is 0 Å². The summed E-state index contributed by atoms with van der Waals surface area (Å²) in [5.41, 5.74) is 1.11. The van der Waals surface area contributed by atoms with Gasteiger partial charge in [-0.25, -0.2) is 4.79 Å². The summed E-state index contributed by atoms with van der Waals surface area (Å²) >= 11 is 0. The minimum absolute atomic E-state index is 0.0105. The minimum Gasteiger partial charge on any atom is -0.336 e. The molecule has 2 N–H and O–H groups in total. The van der Waals surface area contributed by atoms with Gasteiger partial charge in [0.2, 0.25) is 0 Å². The molecule has 0 fully saturated rings. The fourth-order valence-electron chi connectivity index (χ4n) is 2.12. The smallest absolute Gasteiger partial charge is 0.315 e. The maximum absolute atomic E-state index is 11.8. The van der Waals surface area contributed by atoms with E-state index >= 15 is 0 Å². The molecular weight excluding hydrogens is 248 g/mol.